The summed E-state index contributed by atoms with van der Waals surface area (Å²) in [6.45, 7) is 7.44. The van der Waals surface area contributed by atoms with E-state index < -0.39 is 0 Å². The Hall–Kier alpha value is -0.610. The lowest BCUT2D eigenvalue weighted by atomic mass is 10.0. The van der Waals surface area contributed by atoms with Gasteiger partial charge in [-0.15, -0.1) is 19.0 Å². The van der Waals surface area contributed by atoms with Crippen molar-refractivity contribution in [1.82, 2.24) is 10.2 Å². The van der Waals surface area contributed by atoms with Crippen LogP contribution in [0.15, 0.2) is 30.9 Å². The van der Waals surface area contributed by atoms with E-state index in [9.17, 15) is 4.39 Å². The van der Waals surface area contributed by atoms with Crippen molar-refractivity contribution in [2.45, 2.75) is 6.04 Å². The van der Waals surface area contributed by atoms with Gasteiger partial charge in [0.1, 0.15) is 5.82 Å². The Balaban J connectivity index is 0.00000162. The molecule has 100 valence electrons. The molecule has 1 heterocycles. The van der Waals surface area contributed by atoms with Crippen LogP contribution in [0.4, 0.5) is 4.39 Å². The highest BCUT2D eigenvalue weighted by atomic mass is 35.5. The van der Waals surface area contributed by atoms with Crippen LogP contribution in [0.3, 0.4) is 0 Å². The molecule has 5 heteroatoms. The van der Waals surface area contributed by atoms with Gasteiger partial charge in [-0.05, 0) is 6.07 Å². The molecular weight excluding hydrogens is 274 g/mol. The Labute approximate surface area is 118 Å². The molecule has 0 aliphatic carbocycles. The number of piperazine rings is 1. The minimum atomic E-state index is -0.336. The van der Waals surface area contributed by atoms with Crippen LogP contribution in [0.2, 0.25) is 5.02 Å². The fraction of sp³-hybridized carbons (Fsp3) is 0.385. The summed E-state index contributed by atoms with van der Waals surface area (Å²) in [5, 5.41) is 3.45. The van der Waals surface area contributed by atoms with Gasteiger partial charge in [-0.2, -0.15) is 0 Å². The fourth-order valence-electron chi connectivity index (χ4n) is 2.18. The van der Waals surface area contributed by atoms with Gasteiger partial charge in [0.25, 0.3) is 0 Å². The summed E-state index contributed by atoms with van der Waals surface area (Å²) in [5.74, 6) is -0.336. The maximum atomic E-state index is 14.0. The standard InChI is InChI=1S/C13H16ClFN2.ClH/c1-2-12(17-8-6-16-7-9-17)10-4-3-5-11(14)13(10)15;/h2-5,12,16H,1,6-9H2;1H/t12-;/m0./s1. The summed E-state index contributed by atoms with van der Waals surface area (Å²) < 4.78 is 14.0. The highest BCUT2D eigenvalue weighted by molar-refractivity contribution is 6.30. The summed E-state index contributed by atoms with van der Waals surface area (Å²) in [5.41, 5.74) is 0.606. The van der Waals surface area contributed by atoms with Crippen molar-refractivity contribution < 1.29 is 4.39 Å². The van der Waals surface area contributed by atoms with Crippen LogP contribution >= 0.6 is 24.0 Å². The molecule has 0 aromatic heterocycles. The Kier molecular flexibility index (Phi) is 6.09. The third-order valence-corrected chi connectivity index (χ3v) is 3.36. The van der Waals surface area contributed by atoms with E-state index >= 15 is 0 Å². The van der Waals surface area contributed by atoms with Gasteiger partial charge in [-0.3, -0.25) is 4.90 Å². The molecule has 1 aliphatic heterocycles. The smallest absolute Gasteiger partial charge is 0.146 e. The van der Waals surface area contributed by atoms with E-state index in [0.29, 0.717) is 5.56 Å². The minimum Gasteiger partial charge on any atom is -0.314 e. The normalized spacial score (nSPS) is 17.9. The van der Waals surface area contributed by atoms with Crippen LogP contribution in [0.5, 0.6) is 0 Å². The largest absolute Gasteiger partial charge is 0.314 e. The molecule has 0 radical (unpaired) electrons. The molecule has 1 aromatic carbocycles. The summed E-state index contributed by atoms with van der Waals surface area (Å²) in [7, 11) is 0. The number of halogens is 3. The summed E-state index contributed by atoms with van der Waals surface area (Å²) in [6, 6.07) is 5.02. The van der Waals surface area contributed by atoms with Crippen molar-refractivity contribution in [3.8, 4) is 0 Å². The molecule has 0 bridgehead atoms. The van der Waals surface area contributed by atoms with Crippen LogP contribution in [0.25, 0.3) is 0 Å². The van der Waals surface area contributed by atoms with E-state index in [1.807, 2.05) is 0 Å². The second-order valence-electron chi connectivity index (χ2n) is 4.11. The molecule has 0 amide bonds. The predicted octanol–water partition coefficient (Wildman–Crippen LogP) is 3.03. The Bertz CT molecular complexity index is 406. The molecule has 1 N–H and O–H groups in total. The van der Waals surface area contributed by atoms with E-state index in [1.54, 1.807) is 24.3 Å². The lowest BCUT2D eigenvalue weighted by Gasteiger charge is -2.33. The predicted molar refractivity (Wildman–Crippen MR) is 76.0 cm³/mol. The number of hydrogen-bond acceptors (Lipinski definition) is 2. The summed E-state index contributed by atoms with van der Waals surface area (Å²) in [4.78, 5) is 2.21. The molecular formula is C13H17Cl2FN2. The second-order valence-corrected chi connectivity index (χ2v) is 4.52. The molecule has 0 unspecified atom stereocenters. The zero-order chi connectivity index (χ0) is 12.3. The van der Waals surface area contributed by atoms with Gasteiger partial charge in [0.15, 0.2) is 0 Å². The maximum Gasteiger partial charge on any atom is 0.146 e. The Morgan fingerprint density at radius 1 is 1.39 bits per heavy atom. The molecule has 0 spiro atoms. The van der Waals surface area contributed by atoms with Crippen molar-refractivity contribution in [2.75, 3.05) is 26.2 Å². The first-order valence-electron chi connectivity index (χ1n) is 5.75. The van der Waals surface area contributed by atoms with Gasteiger partial charge >= 0.3 is 0 Å². The summed E-state index contributed by atoms with van der Waals surface area (Å²) >= 11 is 5.81. The highest BCUT2D eigenvalue weighted by Crippen LogP contribution is 2.28. The van der Waals surface area contributed by atoms with Gasteiger partial charge in [0, 0.05) is 31.7 Å². The van der Waals surface area contributed by atoms with E-state index in [2.05, 4.69) is 16.8 Å². The quantitative estimate of drug-likeness (QED) is 0.861. The molecule has 1 aliphatic rings. The van der Waals surface area contributed by atoms with E-state index in [1.165, 1.54) is 0 Å². The van der Waals surface area contributed by atoms with Crippen molar-refractivity contribution in [3.05, 3.63) is 47.3 Å². The maximum absolute atomic E-state index is 14.0. The van der Waals surface area contributed by atoms with Crippen molar-refractivity contribution in [2.24, 2.45) is 0 Å². The van der Waals surface area contributed by atoms with Gasteiger partial charge in [0.2, 0.25) is 0 Å². The second kappa shape index (κ2) is 7.10. The lowest BCUT2D eigenvalue weighted by molar-refractivity contribution is 0.200. The first-order chi connectivity index (χ1) is 8.24. The summed E-state index contributed by atoms with van der Waals surface area (Å²) in [6.07, 6.45) is 1.78. The zero-order valence-corrected chi connectivity index (χ0v) is 11.6. The highest BCUT2D eigenvalue weighted by Gasteiger charge is 2.22. The minimum absolute atomic E-state index is 0. The van der Waals surface area contributed by atoms with Gasteiger partial charge < -0.3 is 5.32 Å². The number of hydrogen-bond donors (Lipinski definition) is 1. The number of rotatable bonds is 3. The Morgan fingerprint density at radius 3 is 2.67 bits per heavy atom. The first-order valence-corrected chi connectivity index (χ1v) is 6.13. The number of benzene rings is 1. The third kappa shape index (κ3) is 3.23. The molecule has 1 fully saturated rings. The van der Waals surface area contributed by atoms with E-state index in [-0.39, 0.29) is 29.3 Å². The average molecular weight is 291 g/mol. The van der Waals surface area contributed by atoms with Crippen molar-refractivity contribution >= 4 is 24.0 Å². The molecule has 2 rings (SSSR count). The van der Waals surface area contributed by atoms with Gasteiger partial charge in [-0.25, -0.2) is 4.39 Å². The fourth-order valence-corrected chi connectivity index (χ4v) is 2.36. The van der Waals surface area contributed by atoms with Crippen LogP contribution in [0, 0.1) is 5.82 Å². The Morgan fingerprint density at radius 2 is 2.06 bits per heavy atom. The van der Waals surface area contributed by atoms with Gasteiger partial charge in [-0.1, -0.05) is 29.8 Å². The molecule has 0 saturated carbocycles. The number of nitrogens with one attached hydrogen (secondary N) is 1. The van der Waals surface area contributed by atoms with Crippen LogP contribution in [-0.2, 0) is 0 Å². The molecule has 1 saturated heterocycles. The first kappa shape index (κ1) is 15.4. The lowest BCUT2D eigenvalue weighted by Crippen LogP contribution is -2.44. The van der Waals surface area contributed by atoms with Crippen LogP contribution in [-0.4, -0.2) is 31.1 Å². The zero-order valence-electron chi connectivity index (χ0n) is 10.0. The topological polar surface area (TPSA) is 15.3 Å². The molecule has 1 aromatic rings. The van der Waals surface area contributed by atoms with Crippen LogP contribution in [0.1, 0.15) is 11.6 Å². The SMILES string of the molecule is C=C[C@@H](c1cccc(Cl)c1F)N1CCNCC1.Cl. The molecule has 1 atom stereocenters. The monoisotopic (exact) mass is 290 g/mol. The number of nitrogens with zero attached hydrogens (tertiary/aromatic N) is 1. The molecule has 2 nitrogen and oxygen atoms in total. The van der Waals surface area contributed by atoms with Gasteiger partial charge in [0.05, 0.1) is 11.1 Å². The van der Waals surface area contributed by atoms with Crippen molar-refractivity contribution in [1.29, 1.82) is 0 Å². The van der Waals surface area contributed by atoms with Crippen molar-refractivity contribution in [3.63, 3.8) is 0 Å². The van der Waals surface area contributed by atoms with Crippen LogP contribution < -0.4 is 5.32 Å². The average Bonchev–Trinajstić information content (AvgIpc) is 2.37. The third-order valence-electron chi connectivity index (χ3n) is 3.07. The van der Waals surface area contributed by atoms with E-state index in [0.717, 1.165) is 26.2 Å². The molecule has 18 heavy (non-hydrogen) atoms. The van der Waals surface area contributed by atoms with E-state index in [4.69, 9.17) is 11.6 Å².